The molecule has 1 unspecified atom stereocenters. The number of nitrogens with zero attached hydrogens (tertiary/aromatic N) is 2. The maximum atomic E-state index is 15.2. The zero-order valence-corrected chi connectivity index (χ0v) is 15.1. The number of aldehydes is 1. The Kier molecular flexibility index (Phi) is 4.18. The number of hydrogen-bond donors (Lipinski definition) is 2. The first kappa shape index (κ1) is 17.9. The van der Waals surface area contributed by atoms with Crippen molar-refractivity contribution in [1.29, 1.82) is 0 Å². The topological polar surface area (TPSA) is 90.0 Å². The average molecular weight is 375 g/mol. The lowest BCUT2D eigenvalue weighted by Gasteiger charge is -2.40. The quantitative estimate of drug-likeness (QED) is 0.599. The molecule has 0 bridgehead atoms. The minimum Gasteiger partial charge on any atom is -0.480 e. The third kappa shape index (κ3) is 2.62. The number of fused-ring (bicyclic) bond motifs is 1. The van der Waals surface area contributed by atoms with Gasteiger partial charge >= 0.3 is 5.97 Å². The van der Waals surface area contributed by atoms with E-state index < -0.39 is 23.0 Å². The number of carbonyl (C=O) groups excluding carboxylic acids is 2. The molecule has 4 rings (SSSR count). The van der Waals surface area contributed by atoms with Crippen LogP contribution in [0.15, 0.2) is 6.07 Å². The van der Waals surface area contributed by atoms with Crippen molar-refractivity contribution in [2.45, 2.75) is 25.8 Å². The fourth-order valence-electron chi connectivity index (χ4n) is 4.07. The molecule has 1 saturated heterocycles. The molecule has 0 radical (unpaired) electrons. The Morgan fingerprint density at radius 3 is 2.56 bits per heavy atom. The number of carboxylic acid groups (broad SMARTS) is 1. The van der Waals surface area contributed by atoms with Gasteiger partial charge in [0.15, 0.2) is 5.78 Å². The number of ketones is 1. The second-order valence-corrected chi connectivity index (χ2v) is 7.55. The Labute approximate surface area is 156 Å². The molecule has 0 amide bonds. The van der Waals surface area contributed by atoms with Gasteiger partial charge in [0, 0.05) is 44.3 Å². The molecule has 2 fully saturated rings. The van der Waals surface area contributed by atoms with Gasteiger partial charge in [0.25, 0.3) is 0 Å². The third-order valence-electron chi connectivity index (χ3n) is 5.85. The molecule has 0 spiro atoms. The van der Waals surface area contributed by atoms with Crippen molar-refractivity contribution >= 4 is 29.4 Å². The maximum Gasteiger partial charge on any atom is 0.326 e. The van der Waals surface area contributed by atoms with Gasteiger partial charge in [0.1, 0.15) is 12.1 Å². The molecule has 2 heterocycles. The van der Waals surface area contributed by atoms with Gasteiger partial charge in [-0.05, 0) is 31.4 Å². The van der Waals surface area contributed by atoms with Gasteiger partial charge in [-0.25, -0.2) is 4.39 Å². The van der Waals surface area contributed by atoms with E-state index in [9.17, 15) is 19.5 Å². The van der Waals surface area contributed by atoms with E-state index in [-0.39, 0.29) is 30.0 Å². The molecule has 1 aliphatic carbocycles. The lowest BCUT2D eigenvalue weighted by Crippen LogP contribution is -2.55. The SMILES string of the molecule is Cc1c(F)c(N2CCNCC2)cc2c1C(=O)C(C=O)(C(=O)O)CN2C1CC1. The minimum atomic E-state index is -2.18. The number of Topliss-reactive ketones (excluding diaryl/α,β-unsaturated/α-hetero) is 1. The summed E-state index contributed by atoms with van der Waals surface area (Å²) >= 11 is 0. The Morgan fingerprint density at radius 2 is 2.00 bits per heavy atom. The molecule has 0 aromatic heterocycles. The van der Waals surface area contributed by atoms with Gasteiger partial charge < -0.3 is 25.0 Å². The molecule has 7 nitrogen and oxygen atoms in total. The van der Waals surface area contributed by atoms with E-state index in [0.717, 1.165) is 25.9 Å². The first-order valence-electron chi connectivity index (χ1n) is 9.20. The average Bonchev–Trinajstić information content (AvgIpc) is 3.50. The maximum absolute atomic E-state index is 15.2. The van der Waals surface area contributed by atoms with E-state index in [1.807, 2.05) is 9.80 Å². The van der Waals surface area contributed by atoms with E-state index in [1.54, 1.807) is 6.07 Å². The van der Waals surface area contributed by atoms with Crippen molar-refractivity contribution in [2.75, 3.05) is 42.5 Å². The molecule has 1 saturated carbocycles. The van der Waals surface area contributed by atoms with Crippen molar-refractivity contribution in [3.8, 4) is 0 Å². The first-order chi connectivity index (χ1) is 12.9. The third-order valence-corrected chi connectivity index (χ3v) is 5.85. The minimum absolute atomic E-state index is 0.0269. The molecule has 1 aromatic carbocycles. The van der Waals surface area contributed by atoms with Crippen LogP contribution < -0.4 is 15.1 Å². The Bertz CT molecular complexity index is 833. The van der Waals surface area contributed by atoms with Crippen molar-refractivity contribution in [2.24, 2.45) is 5.41 Å². The number of carboxylic acids is 1. The number of piperazine rings is 1. The van der Waals surface area contributed by atoms with E-state index >= 15 is 4.39 Å². The number of benzene rings is 1. The first-order valence-corrected chi connectivity index (χ1v) is 9.20. The Hall–Kier alpha value is -2.48. The number of carbonyl (C=O) groups is 3. The number of halogens is 1. The van der Waals surface area contributed by atoms with Crippen LogP contribution in [0.2, 0.25) is 0 Å². The van der Waals surface area contributed by atoms with Gasteiger partial charge in [0.2, 0.25) is 5.41 Å². The summed E-state index contributed by atoms with van der Waals surface area (Å²) in [5.41, 5.74) is -1.06. The second kappa shape index (κ2) is 6.30. The van der Waals surface area contributed by atoms with E-state index in [1.165, 1.54) is 6.92 Å². The van der Waals surface area contributed by atoms with Gasteiger partial charge in [-0.15, -0.1) is 0 Å². The number of hydrogen-bond acceptors (Lipinski definition) is 6. The summed E-state index contributed by atoms with van der Waals surface area (Å²) in [5.74, 6) is -2.82. The Morgan fingerprint density at radius 1 is 1.33 bits per heavy atom. The molecule has 2 aliphatic heterocycles. The van der Waals surface area contributed by atoms with Crippen LogP contribution >= 0.6 is 0 Å². The van der Waals surface area contributed by atoms with Crippen LogP contribution in [0.4, 0.5) is 15.8 Å². The van der Waals surface area contributed by atoms with Gasteiger partial charge in [0.05, 0.1) is 11.4 Å². The van der Waals surface area contributed by atoms with E-state index in [2.05, 4.69) is 5.32 Å². The van der Waals surface area contributed by atoms with Crippen molar-refractivity contribution in [3.63, 3.8) is 0 Å². The van der Waals surface area contributed by atoms with Crippen molar-refractivity contribution < 1.29 is 23.9 Å². The molecular weight excluding hydrogens is 353 g/mol. The number of aliphatic carboxylic acids is 1. The number of rotatable bonds is 4. The van der Waals surface area contributed by atoms with Gasteiger partial charge in [-0.1, -0.05) is 0 Å². The highest BCUT2D eigenvalue weighted by Gasteiger charge is 2.55. The van der Waals surface area contributed by atoms with Crippen molar-refractivity contribution in [3.05, 3.63) is 23.0 Å². The largest absolute Gasteiger partial charge is 0.480 e. The zero-order valence-electron chi connectivity index (χ0n) is 15.1. The standard InChI is InChI=1S/C19H22FN3O4/c1-11-15-13(8-14(16(11)20)22-6-4-21-5-7-22)23(12-2-3-12)9-19(10-24,17(15)25)18(26)27/h8,10,12,21H,2-7,9H2,1H3,(H,26,27). The zero-order chi connectivity index (χ0) is 19.3. The summed E-state index contributed by atoms with van der Waals surface area (Å²) in [6.45, 7) is 4.09. The van der Waals surface area contributed by atoms with Gasteiger partial charge in [-0.3, -0.25) is 9.59 Å². The molecular formula is C19H22FN3O4. The lowest BCUT2D eigenvalue weighted by molar-refractivity contribution is -0.147. The van der Waals surface area contributed by atoms with Crippen LogP contribution in [0.5, 0.6) is 0 Å². The fraction of sp³-hybridized carbons (Fsp3) is 0.526. The summed E-state index contributed by atoms with van der Waals surface area (Å²) < 4.78 is 15.2. The number of anilines is 2. The normalized spacial score (nSPS) is 25.3. The molecule has 1 aromatic rings. The van der Waals surface area contributed by atoms with Crippen LogP contribution in [-0.2, 0) is 9.59 Å². The second-order valence-electron chi connectivity index (χ2n) is 7.55. The predicted molar refractivity (Wildman–Crippen MR) is 97.1 cm³/mol. The monoisotopic (exact) mass is 375 g/mol. The van der Waals surface area contributed by atoms with Crippen LogP contribution in [0, 0.1) is 18.2 Å². The Balaban J connectivity index is 1.90. The lowest BCUT2D eigenvalue weighted by atomic mass is 9.75. The van der Waals surface area contributed by atoms with Crippen LogP contribution in [0.1, 0.15) is 28.8 Å². The number of nitrogens with one attached hydrogen (secondary N) is 1. The summed E-state index contributed by atoms with van der Waals surface area (Å²) in [6.07, 6.45) is 1.93. The summed E-state index contributed by atoms with van der Waals surface area (Å²) in [5, 5.41) is 12.9. The van der Waals surface area contributed by atoms with Crippen LogP contribution in [0.25, 0.3) is 0 Å². The van der Waals surface area contributed by atoms with Crippen molar-refractivity contribution in [1.82, 2.24) is 5.32 Å². The van der Waals surface area contributed by atoms with Crippen LogP contribution in [0.3, 0.4) is 0 Å². The molecule has 2 N–H and O–H groups in total. The van der Waals surface area contributed by atoms with Crippen LogP contribution in [-0.4, -0.2) is 61.9 Å². The summed E-state index contributed by atoms with van der Waals surface area (Å²) in [7, 11) is 0. The molecule has 1 atom stereocenters. The smallest absolute Gasteiger partial charge is 0.326 e. The summed E-state index contributed by atoms with van der Waals surface area (Å²) in [6, 6.07) is 1.74. The molecule has 27 heavy (non-hydrogen) atoms. The highest BCUT2D eigenvalue weighted by molar-refractivity contribution is 6.26. The fourth-order valence-corrected chi connectivity index (χ4v) is 4.07. The molecule has 144 valence electrons. The van der Waals surface area contributed by atoms with Gasteiger partial charge in [-0.2, -0.15) is 0 Å². The predicted octanol–water partition coefficient (Wildman–Crippen LogP) is 0.979. The highest BCUT2D eigenvalue weighted by atomic mass is 19.1. The molecule has 8 heteroatoms. The summed E-state index contributed by atoms with van der Waals surface area (Å²) in [4.78, 5) is 40.3. The molecule has 3 aliphatic rings. The highest BCUT2D eigenvalue weighted by Crippen LogP contribution is 2.45. The van der Waals surface area contributed by atoms with E-state index in [0.29, 0.717) is 24.5 Å². The van der Waals surface area contributed by atoms with E-state index in [4.69, 9.17) is 0 Å².